The predicted octanol–water partition coefficient (Wildman–Crippen LogP) is 2.90. The molecular weight excluding hydrogens is 376 g/mol. The molecule has 8 heteroatoms. The molecule has 0 spiro atoms. The fourth-order valence-electron chi connectivity index (χ4n) is 4.12. The molecule has 2 aliphatic rings. The highest BCUT2D eigenvalue weighted by atomic mass is 16.6. The fraction of sp³-hybridized carbons (Fsp3) is 0.810. The van der Waals surface area contributed by atoms with Gasteiger partial charge in [0.25, 0.3) is 5.91 Å². The average molecular weight is 411 g/mol. The summed E-state index contributed by atoms with van der Waals surface area (Å²) < 4.78 is 5.49. The van der Waals surface area contributed by atoms with Crippen LogP contribution in [0.1, 0.15) is 66.7 Å². The van der Waals surface area contributed by atoms with Crippen molar-refractivity contribution in [1.82, 2.24) is 9.80 Å². The van der Waals surface area contributed by atoms with Crippen LogP contribution < -0.4 is 0 Å². The predicted molar refractivity (Wildman–Crippen MR) is 106 cm³/mol. The maximum atomic E-state index is 13.0. The van der Waals surface area contributed by atoms with Gasteiger partial charge in [-0.2, -0.15) is 0 Å². The normalized spacial score (nSPS) is 22.1. The number of hydrogen-bond acceptors (Lipinski definition) is 5. The zero-order valence-electron chi connectivity index (χ0n) is 18.4. The quantitative estimate of drug-likeness (QED) is 0.511. The number of nitrogens with zero attached hydrogens (tertiary/aromatic N) is 2. The Labute approximate surface area is 172 Å². The molecule has 1 saturated carbocycles. The van der Waals surface area contributed by atoms with Gasteiger partial charge >= 0.3 is 18.0 Å². The highest BCUT2D eigenvalue weighted by molar-refractivity contribution is 6.06. The molecule has 0 aromatic rings. The van der Waals surface area contributed by atoms with E-state index < -0.39 is 46.9 Å². The van der Waals surface area contributed by atoms with E-state index in [1.807, 2.05) is 0 Å². The molecule has 2 fully saturated rings. The van der Waals surface area contributed by atoms with Gasteiger partial charge in [0.1, 0.15) is 11.1 Å². The molecule has 29 heavy (non-hydrogen) atoms. The van der Waals surface area contributed by atoms with Crippen LogP contribution in [0, 0.1) is 17.8 Å². The Bertz CT molecular complexity index is 675. The summed E-state index contributed by atoms with van der Waals surface area (Å²) in [6.07, 6.45) is 4.31. The SMILES string of the molecule is CN1C(=O)N(C[C@H](C(=O)OC(C)(C)C)[C@@H](CC2CCCC2)C(=O)O)C(=O)C1(C)C. The van der Waals surface area contributed by atoms with Crippen molar-refractivity contribution in [2.75, 3.05) is 13.6 Å². The summed E-state index contributed by atoms with van der Waals surface area (Å²) in [4.78, 5) is 52.8. The molecule has 1 aliphatic carbocycles. The van der Waals surface area contributed by atoms with Crippen LogP contribution in [0.5, 0.6) is 0 Å². The van der Waals surface area contributed by atoms with Gasteiger partial charge in [-0.05, 0) is 47.0 Å². The molecule has 1 heterocycles. The summed E-state index contributed by atoms with van der Waals surface area (Å²) in [5.74, 6) is -4.12. The average Bonchev–Trinajstić information content (AvgIpc) is 3.14. The molecule has 2 rings (SSSR count). The third-order valence-corrected chi connectivity index (χ3v) is 6.08. The largest absolute Gasteiger partial charge is 0.481 e. The number of esters is 1. The number of carboxylic acid groups (broad SMARTS) is 1. The first-order valence-electron chi connectivity index (χ1n) is 10.3. The molecule has 1 aliphatic heterocycles. The highest BCUT2D eigenvalue weighted by Crippen LogP contribution is 2.35. The lowest BCUT2D eigenvalue weighted by Gasteiger charge is -2.30. The molecule has 0 bridgehead atoms. The molecule has 0 aromatic carbocycles. The van der Waals surface area contributed by atoms with Crippen LogP contribution in [0.3, 0.4) is 0 Å². The Hall–Kier alpha value is -2.12. The highest BCUT2D eigenvalue weighted by Gasteiger charge is 2.51. The molecule has 8 nitrogen and oxygen atoms in total. The molecule has 0 radical (unpaired) electrons. The summed E-state index contributed by atoms with van der Waals surface area (Å²) in [7, 11) is 1.52. The van der Waals surface area contributed by atoms with Gasteiger partial charge in [-0.25, -0.2) is 4.79 Å². The molecule has 164 valence electrons. The number of imide groups is 1. The number of carbonyl (C=O) groups is 4. The van der Waals surface area contributed by atoms with E-state index in [0.717, 1.165) is 30.6 Å². The standard InChI is InChI=1S/C21H34N2O6/c1-20(2,3)29-17(26)15(14(16(24)25)11-13-9-7-8-10-13)12-23-18(27)21(4,5)22(6)19(23)28/h13-15H,7-12H2,1-6H3,(H,24,25)/t14-,15+/m1/s1. The molecule has 0 unspecified atom stereocenters. The Morgan fingerprint density at radius 1 is 1.17 bits per heavy atom. The Morgan fingerprint density at radius 2 is 1.72 bits per heavy atom. The van der Waals surface area contributed by atoms with Crippen LogP contribution in [0.15, 0.2) is 0 Å². The number of urea groups is 1. The molecule has 1 saturated heterocycles. The second kappa shape index (κ2) is 8.32. The van der Waals surface area contributed by atoms with Gasteiger partial charge in [-0.1, -0.05) is 25.7 Å². The van der Waals surface area contributed by atoms with Gasteiger partial charge in [0.2, 0.25) is 0 Å². The first-order chi connectivity index (χ1) is 13.3. The van der Waals surface area contributed by atoms with Crippen LogP contribution in [0.2, 0.25) is 0 Å². The first-order valence-corrected chi connectivity index (χ1v) is 10.3. The Balaban J connectivity index is 2.33. The number of amides is 3. The monoisotopic (exact) mass is 410 g/mol. The molecule has 1 N–H and O–H groups in total. The van der Waals surface area contributed by atoms with E-state index in [0.29, 0.717) is 6.42 Å². The number of likely N-dealkylation sites (N-methyl/N-ethyl adjacent to an activating group) is 1. The second-order valence-corrected chi connectivity index (χ2v) is 9.79. The molecule has 2 atom stereocenters. The van der Waals surface area contributed by atoms with Crippen LogP contribution >= 0.6 is 0 Å². The summed E-state index contributed by atoms with van der Waals surface area (Å²) in [5, 5.41) is 9.91. The number of rotatable bonds is 7. The van der Waals surface area contributed by atoms with Gasteiger partial charge in [0.05, 0.1) is 11.8 Å². The van der Waals surface area contributed by atoms with Crippen molar-refractivity contribution in [2.24, 2.45) is 17.8 Å². The van der Waals surface area contributed by atoms with Crippen LogP contribution in [-0.2, 0) is 19.1 Å². The fourth-order valence-corrected chi connectivity index (χ4v) is 4.12. The maximum absolute atomic E-state index is 13.0. The lowest BCUT2D eigenvalue weighted by Crippen LogP contribution is -2.46. The minimum atomic E-state index is -1.11. The van der Waals surface area contributed by atoms with E-state index in [1.165, 1.54) is 11.9 Å². The van der Waals surface area contributed by atoms with Crippen molar-refractivity contribution in [2.45, 2.75) is 77.9 Å². The van der Waals surface area contributed by atoms with Gasteiger partial charge in [0, 0.05) is 13.6 Å². The minimum absolute atomic E-state index is 0.227. The zero-order valence-corrected chi connectivity index (χ0v) is 18.4. The third kappa shape index (κ3) is 5.08. The third-order valence-electron chi connectivity index (χ3n) is 6.08. The smallest absolute Gasteiger partial charge is 0.327 e. The first kappa shape index (κ1) is 23.2. The second-order valence-electron chi connectivity index (χ2n) is 9.79. The van der Waals surface area contributed by atoms with Gasteiger partial charge in [0.15, 0.2) is 0 Å². The summed E-state index contributed by atoms with van der Waals surface area (Å²) in [6.45, 7) is 8.09. The van der Waals surface area contributed by atoms with E-state index in [1.54, 1.807) is 34.6 Å². The maximum Gasteiger partial charge on any atom is 0.327 e. The van der Waals surface area contributed by atoms with Crippen molar-refractivity contribution < 1.29 is 29.0 Å². The van der Waals surface area contributed by atoms with E-state index in [4.69, 9.17) is 4.74 Å². The van der Waals surface area contributed by atoms with E-state index >= 15 is 0 Å². The van der Waals surface area contributed by atoms with Gasteiger partial charge in [-0.15, -0.1) is 0 Å². The molecule has 0 aromatic heterocycles. The summed E-state index contributed by atoms with van der Waals surface area (Å²) >= 11 is 0. The minimum Gasteiger partial charge on any atom is -0.481 e. The number of carboxylic acids is 1. The number of ether oxygens (including phenoxy) is 1. The Kier molecular flexibility index (Phi) is 6.65. The van der Waals surface area contributed by atoms with E-state index in [9.17, 15) is 24.3 Å². The van der Waals surface area contributed by atoms with Crippen LogP contribution in [0.4, 0.5) is 4.79 Å². The molecule has 3 amide bonds. The summed E-state index contributed by atoms with van der Waals surface area (Å²) in [6, 6.07) is -0.529. The van der Waals surface area contributed by atoms with Crippen molar-refractivity contribution in [1.29, 1.82) is 0 Å². The van der Waals surface area contributed by atoms with Gasteiger partial charge in [-0.3, -0.25) is 19.3 Å². The Morgan fingerprint density at radius 3 is 2.14 bits per heavy atom. The summed E-state index contributed by atoms with van der Waals surface area (Å²) in [5.41, 5.74) is -1.85. The van der Waals surface area contributed by atoms with Gasteiger partial charge < -0.3 is 14.7 Å². The zero-order chi connectivity index (χ0) is 22.1. The molecular formula is C21H34N2O6. The lowest BCUT2D eigenvalue weighted by atomic mass is 9.83. The lowest BCUT2D eigenvalue weighted by molar-refractivity contribution is -0.168. The van der Waals surface area contributed by atoms with Crippen molar-refractivity contribution in [3.8, 4) is 0 Å². The van der Waals surface area contributed by atoms with Crippen LogP contribution in [0.25, 0.3) is 0 Å². The van der Waals surface area contributed by atoms with Crippen molar-refractivity contribution in [3.63, 3.8) is 0 Å². The van der Waals surface area contributed by atoms with E-state index in [2.05, 4.69) is 0 Å². The number of hydrogen-bond donors (Lipinski definition) is 1. The number of carbonyl (C=O) groups excluding carboxylic acids is 3. The van der Waals surface area contributed by atoms with Crippen molar-refractivity contribution in [3.05, 3.63) is 0 Å². The van der Waals surface area contributed by atoms with E-state index in [-0.39, 0.29) is 12.5 Å². The van der Waals surface area contributed by atoms with Crippen molar-refractivity contribution >= 4 is 23.9 Å². The number of aliphatic carboxylic acids is 1. The topological polar surface area (TPSA) is 104 Å². The van der Waals surface area contributed by atoms with Crippen LogP contribution in [-0.4, -0.2) is 63.5 Å².